The summed E-state index contributed by atoms with van der Waals surface area (Å²) in [7, 11) is -4.72. The minimum absolute atomic E-state index is 0. The molecule has 1 saturated carbocycles. The number of hydrogen-bond acceptors (Lipinski definition) is 6. The molecule has 0 aliphatic heterocycles. The van der Waals surface area contributed by atoms with Crippen molar-refractivity contribution in [3.05, 3.63) is 35.8 Å². The number of furan rings is 1. The molecule has 33 heavy (non-hydrogen) atoms. The summed E-state index contributed by atoms with van der Waals surface area (Å²) < 4.78 is 43.0. The van der Waals surface area contributed by atoms with Gasteiger partial charge < -0.3 is 8.97 Å². The van der Waals surface area contributed by atoms with Crippen LogP contribution >= 0.6 is 0 Å². The Bertz CT molecular complexity index is 921. The van der Waals surface area contributed by atoms with Crippen LogP contribution in [0.5, 0.6) is 0 Å². The van der Waals surface area contributed by atoms with Crippen molar-refractivity contribution in [3.63, 3.8) is 0 Å². The van der Waals surface area contributed by atoms with Gasteiger partial charge in [-0.05, 0) is 91.2 Å². The summed E-state index contributed by atoms with van der Waals surface area (Å²) in [5.41, 5.74) is 2.22. The molecular weight excluding hydrogens is 451 g/mol. The third kappa shape index (κ3) is 7.52. The summed E-state index contributed by atoms with van der Waals surface area (Å²) in [4.78, 5) is 12.5. The molecule has 0 amide bonds. The fourth-order valence-electron chi connectivity index (χ4n) is 5.86. The maximum absolute atomic E-state index is 12.5. The van der Waals surface area contributed by atoms with Crippen LogP contribution in [-0.2, 0) is 25.8 Å². The average Bonchev–Trinajstić information content (AvgIpc) is 3.19. The fourth-order valence-corrected chi connectivity index (χ4v) is 6.22. The van der Waals surface area contributed by atoms with Gasteiger partial charge in [-0.3, -0.25) is 8.98 Å². The molecule has 0 spiro atoms. The maximum atomic E-state index is 12.5. The van der Waals surface area contributed by atoms with Gasteiger partial charge in [0.05, 0.1) is 19.1 Å². The number of allylic oxidation sites excluding steroid dienone is 2. The Hall–Kier alpha value is -0.440. The van der Waals surface area contributed by atoms with Crippen LogP contribution in [-0.4, -0.2) is 25.4 Å². The Morgan fingerprint density at radius 1 is 1.24 bits per heavy atom. The first-order chi connectivity index (χ1) is 14.9. The first-order valence-electron chi connectivity index (χ1n) is 11.8. The van der Waals surface area contributed by atoms with Gasteiger partial charge in [-0.15, -0.1) is 0 Å². The fraction of sp³-hybridized carbons (Fsp3) is 0.720. The third-order valence-corrected chi connectivity index (χ3v) is 8.50. The number of aryl methyl sites for hydroxylation is 1. The van der Waals surface area contributed by atoms with Gasteiger partial charge in [0.15, 0.2) is 5.78 Å². The van der Waals surface area contributed by atoms with Crippen LogP contribution < -0.4 is 29.6 Å². The van der Waals surface area contributed by atoms with Gasteiger partial charge in [-0.2, -0.15) is 0 Å². The molecule has 1 fully saturated rings. The SMILES string of the molecule is C[C@H]1CC[C@H]2C(=CC(=O)CC2(C)C)[C@@]1(C)CCC(CCCc1ccoc1)COS(=O)(=O)[O-].[Na+]. The van der Waals surface area contributed by atoms with Crippen LogP contribution in [0.25, 0.3) is 0 Å². The van der Waals surface area contributed by atoms with E-state index in [0.29, 0.717) is 18.3 Å². The normalized spacial score (nSPS) is 27.9. The molecule has 1 unspecified atom stereocenters. The predicted molar refractivity (Wildman–Crippen MR) is 122 cm³/mol. The smallest absolute Gasteiger partial charge is 0.726 e. The molecule has 0 saturated heterocycles. The summed E-state index contributed by atoms with van der Waals surface area (Å²) in [6, 6.07) is 1.92. The zero-order chi connectivity index (χ0) is 23.6. The zero-order valence-electron chi connectivity index (χ0n) is 20.8. The molecule has 1 aromatic heterocycles. The Labute approximate surface area is 221 Å². The number of carbonyl (C=O) groups excluding carboxylic acids is 1. The predicted octanol–water partition coefficient (Wildman–Crippen LogP) is 2.46. The van der Waals surface area contributed by atoms with Crippen LogP contribution in [0.2, 0.25) is 0 Å². The molecular formula is C25H37NaO6S. The van der Waals surface area contributed by atoms with E-state index in [1.54, 1.807) is 12.5 Å². The van der Waals surface area contributed by atoms with E-state index in [9.17, 15) is 17.8 Å². The van der Waals surface area contributed by atoms with Crippen molar-refractivity contribution in [2.75, 3.05) is 6.61 Å². The van der Waals surface area contributed by atoms with Gasteiger partial charge in [0.25, 0.3) is 0 Å². The van der Waals surface area contributed by atoms with E-state index in [4.69, 9.17) is 4.42 Å². The van der Waals surface area contributed by atoms with Crippen molar-refractivity contribution >= 4 is 16.2 Å². The second-order valence-corrected chi connectivity index (χ2v) is 11.9. The van der Waals surface area contributed by atoms with Crippen molar-refractivity contribution in [1.82, 2.24) is 0 Å². The third-order valence-electron chi connectivity index (χ3n) is 8.08. The summed E-state index contributed by atoms with van der Waals surface area (Å²) in [5.74, 6) is 1.00. The van der Waals surface area contributed by atoms with Crippen LogP contribution in [0, 0.1) is 28.6 Å². The number of rotatable bonds is 10. The minimum atomic E-state index is -4.72. The molecule has 2 aliphatic rings. The summed E-state index contributed by atoms with van der Waals surface area (Å²) in [6.45, 7) is 8.83. The van der Waals surface area contributed by atoms with Crippen LogP contribution in [0.1, 0.15) is 78.2 Å². The summed E-state index contributed by atoms with van der Waals surface area (Å²) in [6.07, 6.45) is 12.1. The molecule has 1 aromatic rings. The van der Waals surface area contributed by atoms with E-state index < -0.39 is 10.4 Å². The first-order valence-corrected chi connectivity index (χ1v) is 13.1. The molecule has 6 nitrogen and oxygen atoms in total. The van der Waals surface area contributed by atoms with E-state index >= 15 is 0 Å². The van der Waals surface area contributed by atoms with Crippen molar-refractivity contribution in [1.29, 1.82) is 0 Å². The quantitative estimate of drug-likeness (QED) is 0.285. The van der Waals surface area contributed by atoms with Crippen molar-refractivity contribution in [3.8, 4) is 0 Å². The first kappa shape index (κ1) is 28.8. The minimum Gasteiger partial charge on any atom is -0.726 e. The molecule has 2 aliphatic carbocycles. The van der Waals surface area contributed by atoms with Gasteiger partial charge in [0.1, 0.15) is 0 Å². The zero-order valence-corrected chi connectivity index (χ0v) is 23.6. The molecule has 180 valence electrons. The Balaban J connectivity index is 0.00000385. The number of ketones is 1. The van der Waals surface area contributed by atoms with Crippen molar-refractivity contribution < 1.29 is 55.9 Å². The van der Waals surface area contributed by atoms with Crippen molar-refractivity contribution in [2.24, 2.45) is 28.6 Å². The monoisotopic (exact) mass is 488 g/mol. The van der Waals surface area contributed by atoms with E-state index in [1.807, 2.05) is 12.1 Å². The Morgan fingerprint density at radius 2 is 1.97 bits per heavy atom. The van der Waals surface area contributed by atoms with Gasteiger partial charge in [-0.25, -0.2) is 8.42 Å². The van der Waals surface area contributed by atoms with Crippen LogP contribution in [0.3, 0.4) is 0 Å². The summed E-state index contributed by atoms with van der Waals surface area (Å²) in [5, 5.41) is 0. The Morgan fingerprint density at radius 3 is 2.61 bits per heavy atom. The van der Waals surface area contributed by atoms with Gasteiger partial charge >= 0.3 is 29.6 Å². The standard InChI is InChI=1S/C25H38O6S.Na/c1-18-8-9-22-23(14-21(26)15-24(22,2)3)25(18,4)12-10-19(17-31-32(27,28)29)6-5-7-20-11-13-30-16-20;/h11,13-14,16,18-19,22H,5-10,12,15,17H2,1-4H3,(H,27,28,29);/q;+1/p-1/t18-,19?,22-,25-;/m0./s1. The second kappa shape index (κ2) is 11.5. The van der Waals surface area contributed by atoms with Crippen LogP contribution in [0.4, 0.5) is 0 Å². The molecule has 8 heteroatoms. The number of hydrogen-bond donors (Lipinski definition) is 0. The van der Waals surface area contributed by atoms with Gasteiger partial charge in [0, 0.05) is 6.42 Å². The maximum Gasteiger partial charge on any atom is 1.00 e. The van der Waals surface area contributed by atoms with E-state index in [2.05, 4.69) is 31.9 Å². The van der Waals surface area contributed by atoms with Gasteiger partial charge in [0.2, 0.25) is 10.4 Å². The number of carbonyl (C=O) groups is 1. The molecule has 4 atom stereocenters. The van der Waals surface area contributed by atoms with Gasteiger partial charge in [-0.1, -0.05) is 33.3 Å². The van der Waals surface area contributed by atoms with E-state index in [0.717, 1.165) is 50.5 Å². The molecule has 0 aromatic carbocycles. The molecule has 1 heterocycles. The molecule has 0 N–H and O–H groups in total. The average molecular weight is 489 g/mol. The number of fused-ring (bicyclic) bond motifs is 1. The molecule has 0 bridgehead atoms. The largest absolute Gasteiger partial charge is 1.00 e. The van der Waals surface area contributed by atoms with E-state index in [-0.39, 0.29) is 58.7 Å². The molecule has 3 rings (SSSR count). The second-order valence-electron chi connectivity index (χ2n) is 10.8. The molecule has 0 radical (unpaired) electrons. The topological polar surface area (TPSA) is 96.6 Å². The summed E-state index contributed by atoms with van der Waals surface area (Å²) >= 11 is 0. The van der Waals surface area contributed by atoms with Crippen molar-refractivity contribution in [2.45, 2.75) is 79.1 Å². The Kier molecular flexibility index (Phi) is 10.1. The van der Waals surface area contributed by atoms with Crippen LogP contribution in [0.15, 0.2) is 34.7 Å². The van der Waals surface area contributed by atoms with E-state index in [1.165, 1.54) is 5.57 Å².